The maximum absolute atomic E-state index is 9.55. The summed E-state index contributed by atoms with van der Waals surface area (Å²) in [6.45, 7) is 2.40. The van der Waals surface area contributed by atoms with Gasteiger partial charge in [0.05, 0.1) is 23.5 Å². The van der Waals surface area contributed by atoms with E-state index in [9.17, 15) is 14.9 Å². The summed E-state index contributed by atoms with van der Waals surface area (Å²) in [5, 5.41) is 29.1. The van der Waals surface area contributed by atoms with Gasteiger partial charge in [-0.15, -0.1) is 0 Å². The van der Waals surface area contributed by atoms with Crippen molar-refractivity contribution in [1.82, 2.24) is 10.3 Å². The van der Waals surface area contributed by atoms with Gasteiger partial charge < -0.3 is 20.3 Å². The molecule has 2 aromatic rings. The Labute approximate surface area is 178 Å². The van der Waals surface area contributed by atoms with Gasteiger partial charge in [0, 0.05) is 31.4 Å². The number of nitrogens with zero attached hydrogens (tertiary/aromatic N) is 2. The molecule has 0 bridgehead atoms. The van der Waals surface area contributed by atoms with E-state index in [1.165, 1.54) is 5.56 Å². The minimum atomic E-state index is -1.26. The lowest BCUT2D eigenvalue weighted by Gasteiger charge is -2.30. The molecule has 1 aromatic carbocycles. The number of rotatable bonds is 6. The molecule has 0 spiro atoms. The van der Waals surface area contributed by atoms with Crippen LogP contribution in [0.5, 0.6) is 0 Å². The van der Waals surface area contributed by atoms with Crippen molar-refractivity contribution in [2.24, 2.45) is 0 Å². The van der Waals surface area contributed by atoms with Crippen LogP contribution in [0.15, 0.2) is 65.8 Å². The summed E-state index contributed by atoms with van der Waals surface area (Å²) >= 11 is 1.60. The molecule has 156 valence electrons. The Balaban J connectivity index is 0.000000343. The quantitative estimate of drug-likeness (QED) is 0.470. The molecule has 1 aromatic heterocycles. The minimum Gasteiger partial charge on any atom is -0.478 e. The molecule has 3 N–H and O–H groups in total. The van der Waals surface area contributed by atoms with E-state index >= 15 is 0 Å². The zero-order valence-electron chi connectivity index (χ0n) is 16.0. The fraction of sp³-hybridized carbons (Fsp3) is 0.238. The first-order valence-electron chi connectivity index (χ1n) is 9.04. The van der Waals surface area contributed by atoms with Crippen LogP contribution in [-0.2, 0) is 14.3 Å². The van der Waals surface area contributed by atoms with Crippen LogP contribution in [0.3, 0.4) is 0 Å². The number of morpholine rings is 1. The third-order valence-corrected chi connectivity index (χ3v) is 5.30. The molecule has 0 radical (unpaired) electrons. The first-order valence-corrected chi connectivity index (χ1v) is 9.92. The summed E-state index contributed by atoms with van der Waals surface area (Å²) in [7, 11) is 0. The van der Waals surface area contributed by atoms with Crippen molar-refractivity contribution in [1.29, 1.82) is 5.26 Å². The second-order valence-electron chi connectivity index (χ2n) is 6.04. The molecule has 0 saturated carbocycles. The molecule has 1 saturated heterocycles. The zero-order valence-corrected chi connectivity index (χ0v) is 16.8. The molecule has 2 heterocycles. The normalized spacial score (nSPS) is 16.7. The average molecular weight is 427 g/mol. The number of thioether (sulfide) groups is 1. The molecule has 1 aliphatic heterocycles. The summed E-state index contributed by atoms with van der Waals surface area (Å²) in [5.41, 5.74) is 1.80. The molecular weight excluding hydrogens is 406 g/mol. The Hall–Kier alpha value is -3.19. The maximum Gasteiger partial charge on any atom is 0.328 e. The number of hydrogen-bond acceptors (Lipinski definition) is 7. The highest BCUT2D eigenvalue weighted by Crippen LogP contribution is 2.39. The number of carboxylic acid groups (broad SMARTS) is 2. The largest absolute Gasteiger partial charge is 0.478 e. The number of ether oxygens (including phenoxy) is 1. The number of nitrogens with one attached hydrogen (secondary N) is 1. The van der Waals surface area contributed by atoms with Crippen molar-refractivity contribution in [2.45, 2.75) is 16.4 Å². The first kappa shape index (κ1) is 23.1. The number of nitriles is 1. The van der Waals surface area contributed by atoms with Crippen molar-refractivity contribution >= 4 is 23.7 Å². The predicted molar refractivity (Wildman–Crippen MR) is 111 cm³/mol. The van der Waals surface area contributed by atoms with Gasteiger partial charge in [0.15, 0.2) is 0 Å². The number of aromatic nitrogens is 1. The standard InChI is InChI=1S/C17H17N3OS.C4H4O4/c18-11-14-7-4-8-20-17(14)22-16(13-5-2-1-3-6-13)15-12-19-9-10-21-15;5-3(6)1-2-4(7)8/h1-8,15-16,19H,9-10,12H2;1-2H,(H,5,6)(H,7,8)/t15-,16-;/m0./s1. The van der Waals surface area contributed by atoms with E-state index in [1.54, 1.807) is 30.1 Å². The van der Waals surface area contributed by atoms with Gasteiger partial charge in [-0.2, -0.15) is 5.26 Å². The van der Waals surface area contributed by atoms with Crippen molar-refractivity contribution < 1.29 is 24.5 Å². The lowest BCUT2D eigenvalue weighted by atomic mass is 10.1. The Morgan fingerprint density at radius 3 is 2.47 bits per heavy atom. The van der Waals surface area contributed by atoms with Crippen LogP contribution in [0.2, 0.25) is 0 Å². The fourth-order valence-corrected chi connectivity index (χ4v) is 3.84. The number of carboxylic acids is 2. The molecule has 0 unspecified atom stereocenters. The van der Waals surface area contributed by atoms with Gasteiger partial charge in [-0.1, -0.05) is 42.1 Å². The van der Waals surface area contributed by atoms with Crippen LogP contribution < -0.4 is 5.32 Å². The van der Waals surface area contributed by atoms with E-state index < -0.39 is 11.9 Å². The number of pyridine rings is 1. The van der Waals surface area contributed by atoms with Crippen molar-refractivity contribution in [2.75, 3.05) is 19.7 Å². The molecule has 1 aliphatic rings. The molecule has 9 heteroatoms. The molecular formula is C21H21N3O5S. The second-order valence-corrected chi connectivity index (χ2v) is 7.17. The Kier molecular flexibility index (Phi) is 9.54. The topological polar surface area (TPSA) is 133 Å². The third-order valence-electron chi connectivity index (χ3n) is 3.92. The molecule has 0 amide bonds. The predicted octanol–water partition coefficient (Wildman–Crippen LogP) is 2.49. The fourth-order valence-electron chi connectivity index (χ4n) is 2.61. The molecule has 8 nitrogen and oxygen atoms in total. The minimum absolute atomic E-state index is 0.0645. The SMILES string of the molecule is N#Cc1cccnc1S[C@@H](c1ccccc1)[C@@H]1CNCCO1.O=C(O)C=CC(=O)O. The highest BCUT2D eigenvalue weighted by Gasteiger charge is 2.28. The van der Waals surface area contributed by atoms with Gasteiger partial charge in [-0.25, -0.2) is 14.6 Å². The molecule has 2 atom stereocenters. The van der Waals surface area contributed by atoms with E-state index in [0.29, 0.717) is 24.3 Å². The van der Waals surface area contributed by atoms with Crippen molar-refractivity contribution in [3.63, 3.8) is 0 Å². The van der Waals surface area contributed by atoms with Crippen LogP contribution in [0.25, 0.3) is 0 Å². The van der Waals surface area contributed by atoms with Crippen LogP contribution in [0.1, 0.15) is 16.4 Å². The van der Waals surface area contributed by atoms with E-state index in [4.69, 9.17) is 14.9 Å². The number of carbonyl (C=O) groups is 2. The summed E-state index contributed by atoms with van der Waals surface area (Å²) in [5.74, 6) is -2.51. The van der Waals surface area contributed by atoms with Gasteiger partial charge in [0.1, 0.15) is 11.1 Å². The lowest BCUT2D eigenvalue weighted by molar-refractivity contribution is -0.134. The molecule has 0 aliphatic carbocycles. The zero-order chi connectivity index (χ0) is 21.8. The monoisotopic (exact) mass is 427 g/mol. The van der Waals surface area contributed by atoms with Crippen LogP contribution in [-0.4, -0.2) is 52.9 Å². The number of benzene rings is 1. The van der Waals surface area contributed by atoms with Gasteiger partial charge in [0.2, 0.25) is 0 Å². The van der Waals surface area contributed by atoms with E-state index in [2.05, 4.69) is 28.5 Å². The molecule has 30 heavy (non-hydrogen) atoms. The number of hydrogen-bond donors (Lipinski definition) is 3. The third kappa shape index (κ3) is 7.67. The van der Waals surface area contributed by atoms with Gasteiger partial charge >= 0.3 is 11.9 Å². The summed E-state index contributed by atoms with van der Waals surface area (Å²) in [6.07, 6.45) is 2.91. The molecule has 1 fully saturated rings. The van der Waals surface area contributed by atoms with Crippen LogP contribution in [0.4, 0.5) is 0 Å². The Morgan fingerprint density at radius 2 is 1.90 bits per heavy atom. The molecule has 3 rings (SSSR count). The van der Waals surface area contributed by atoms with Crippen LogP contribution in [0, 0.1) is 11.3 Å². The summed E-state index contributed by atoms with van der Waals surface area (Å²) in [6, 6.07) is 16.1. The Bertz CT molecular complexity index is 892. The highest BCUT2D eigenvalue weighted by molar-refractivity contribution is 7.99. The number of aliphatic carboxylic acids is 2. The van der Waals surface area contributed by atoms with Crippen LogP contribution >= 0.6 is 11.8 Å². The van der Waals surface area contributed by atoms with E-state index in [1.807, 2.05) is 18.2 Å². The Morgan fingerprint density at radius 1 is 1.20 bits per heavy atom. The van der Waals surface area contributed by atoms with E-state index in [-0.39, 0.29) is 11.4 Å². The maximum atomic E-state index is 9.55. The highest BCUT2D eigenvalue weighted by atomic mass is 32.2. The van der Waals surface area contributed by atoms with Gasteiger partial charge in [-0.3, -0.25) is 0 Å². The van der Waals surface area contributed by atoms with Crippen molar-refractivity contribution in [3.8, 4) is 6.07 Å². The second kappa shape index (κ2) is 12.4. The smallest absolute Gasteiger partial charge is 0.328 e. The summed E-state index contributed by atoms with van der Waals surface area (Å²) in [4.78, 5) is 23.5. The first-order chi connectivity index (χ1) is 14.5. The van der Waals surface area contributed by atoms with Crippen molar-refractivity contribution in [3.05, 3.63) is 71.9 Å². The summed E-state index contributed by atoms with van der Waals surface area (Å²) < 4.78 is 5.95. The average Bonchev–Trinajstić information content (AvgIpc) is 2.78. The van der Waals surface area contributed by atoms with Gasteiger partial charge in [-0.05, 0) is 17.7 Å². The lowest BCUT2D eigenvalue weighted by Crippen LogP contribution is -2.41. The van der Waals surface area contributed by atoms with E-state index in [0.717, 1.165) is 18.1 Å². The van der Waals surface area contributed by atoms with Gasteiger partial charge in [0.25, 0.3) is 0 Å².